The van der Waals surface area contributed by atoms with Gasteiger partial charge in [-0.1, -0.05) is 56.4 Å². The van der Waals surface area contributed by atoms with Crippen molar-refractivity contribution >= 4 is 17.8 Å². The van der Waals surface area contributed by atoms with Gasteiger partial charge in [-0.2, -0.15) is 0 Å². The molecule has 8 nitrogen and oxygen atoms in total. The number of hydrogen-bond donors (Lipinski definition) is 2. The number of methoxy groups -OCH3 is 2. The third-order valence-corrected chi connectivity index (χ3v) is 6.92. The Bertz CT molecular complexity index is 996. The van der Waals surface area contributed by atoms with E-state index in [4.69, 9.17) is 9.47 Å². The molecule has 2 aromatic rings. The molecule has 0 radical (unpaired) electrons. The van der Waals surface area contributed by atoms with E-state index in [9.17, 15) is 14.4 Å². The molecule has 4 rings (SSSR count). The average molecular weight is 480 g/mol. The summed E-state index contributed by atoms with van der Waals surface area (Å²) in [6, 6.07) is 13.4. The van der Waals surface area contributed by atoms with E-state index in [1.807, 2.05) is 0 Å². The first kappa shape index (κ1) is 24.6. The van der Waals surface area contributed by atoms with E-state index in [2.05, 4.69) is 10.6 Å². The van der Waals surface area contributed by atoms with Gasteiger partial charge in [-0.05, 0) is 48.2 Å². The molecule has 1 aliphatic heterocycles. The summed E-state index contributed by atoms with van der Waals surface area (Å²) in [6.07, 6.45) is 7.58. The molecule has 8 heteroatoms. The van der Waals surface area contributed by atoms with Gasteiger partial charge in [0.1, 0.15) is 18.0 Å². The summed E-state index contributed by atoms with van der Waals surface area (Å²) in [5.41, 5.74) is -0.314. The van der Waals surface area contributed by atoms with Gasteiger partial charge < -0.3 is 20.1 Å². The van der Waals surface area contributed by atoms with Crippen molar-refractivity contribution in [2.24, 2.45) is 0 Å². The van der Waals surface area contributed by atoms with E-state index in [0.29, 0.717) is 22.6 Å². The third kappa shape index (κ3) is 5.11. The van der Waals surface area contributed by atoms with Crippen molar-refractivity contribution < 1.29 is 23.9 Å². The Morgan fingerprint density at radius 3 is 1.86 bits per heavy atom. The van der Waals surface area contributed by atoms with Crippen molar-refractivity contribution in [1.82, 2.24) is 15.5 Å². The Morgan fingerprint density at radius 2 is 1.37 bits per heavy atom. The molecule has 2 aliphatic rings. The second kappa shape index (κ2) is 10.8. The molecule has 1 heterocycles. The Labute approximate surface area is 206 Å². The number of nitrogens with zero attached hydrogens (tertiary/aromatic N) is 1. The summed E-state index contributed by atoms with van der Waals surface area (Å²) in [4.78, 5) is 40.9. The molecule has 0 spiro atoms. The van der Waals surface area contributed by atoms with E-state index in [1.54, 1.807) is 62.8 Å². The summed E-state index contributed by atoms with van der Waals surface area (Å²) in [5, 5.41) is 5.92. The van der Waals surface area contributed by atoms with Gasteiger partial charge in [0.25, 0.3) is 5.91 Å². The van der Waals surface area contributed by atoms with Crippen LogP contribution in [0.1, 0.15) is 56.1 Å². The van der Waals surface area contributed by atoms with Crippen molar-refractivity contribution in [3.05, 3.63) is 59.7 Å². The number of hydrogen-bond acceptors (Lipinski definition) is 5. The standard InChI is InChI=1S/C27H33N3O5/c1-34-22-14-10-19(11-15-22)27(20-12-16-23(35-2)17-13-20)25(32)30(26(33)29-27)18-24(31)28-21-8-6-4-3-5-7-9-21/h10-17,21H,3-9,18H2,1-2H3,(H,28,31)(H,29,33). The second-order valence-corrected chi connectivity index (χ2v) is 9.14. The Balaban J connectivity index is 1.60. The minimum atomic E-state index is -1.46. The van der Waals surface area contributed by atoms with E-state index >= 15 is 0 Å². The van der Waals surface area contributed by atoms with Crippen LogP contribution in [0.4, 0.5) is 4.79 Å². The molecule has 4 amide bonds. The molecule has 2 aromatic carbocycles. The molecule has 35 heavy (non-hydrogen) atoms. The zero-order valence-electron chi connectivity index (χ0n) is 20.3. The fourth-order valence-corrected chi connectivity index (χ4v) is 4.98. The van der Waals surface area contributed by atoms with E-state index < -0.39 is 17.5 Å². The number of imide groups is 1. The van der Waals surface area contributed by atoms with Crippen molar-refractivity contribution in [1.29, 1.82) is 0 Å². The van der Waals surface area contributed by atoms with Crippen LogP contribution in [0.2, 0.25) is 0 Å². The summed E-state index contributed by atoms with van der Waals surface area (Å²) >= 11 is 0. The monoisotopic (exact) mass is 479 g/mol. The van der Waals surface area contributed by atoms with Crippen LogP contribution < -0.4 is 20.1 Å². The number of ether oxygens (including phenoxy) is 2. The molecule has 0 unspecified atom stereocenters. The first-order chi connectivity index (χ1) is 17.0. The Morgan fingerprint density at radius 1 is 0.886 bits per heavy atom. The summed E-state index contributed by atoms with van der Waals surface area (Å²) in [7, 11) is 3.13. The maximum absolute atomic E-state index is 13.9. The molecule has 1 saturated heterocycles. The van der Waals surface area contributed by atoms with Gasteiger partial charge in [-0.15, -0.1) is 0 Å². The average Bonchev–Trinajstić information content (AvgIpc) is 3.11. The van der Waals surface area contributed by atoms with Crippen LogP contribution in [0.15, 0.2) is 48.5 Å². The maximum Gasteiger partial charge on any atom is 0.326 e. The predicted molar refractivity (Wildman–Crippen MR) is 131 cm³/mol. The van der Waals surface area contributed by atoms with Gasteiger partial charge in [-0.3, -0.25) is 14.5 Å². The number of carbonyl (C=O) groups is 3. The minimum absolute atomic E-state index is 0.0801. The normalized spacial score (nSPS) is 18.4. The van der Waals surface area contributed by atoms with E-state index in [-0.39, 0.29) is 18.5 Å². The smallest absolute Gasteiger partial charge is 0.326 e. The number of benzene rings is 2. The van der Waals surface area contributed by atoms with Crippen molar-refractivity contribution in [3.63, 3.8) is 0 Å². The summed E-state index contributed by atoms with van der Waals surface area (Å²) in [6.45, 7) is -0.324. The van der Waals surface area contributed by atoms with Gasteiger partial charge in [0.15, 0.2) is 5.54 Å². The van der Waals surface area contributed by atoms with Crippen LogP contribution in [0.25, 0.3) is 0 Å². The molecule has 186 valence electrons. The zero-order chi connectivity index (χ0) is 24.8. The van der Waals surface area contributed by atoms with Crippen LogP contribution in [-0.4, -0.2) is 49.6 Å². The van der Waals surface area contributed by atoms with Gasteiger partial charge in [0.05, 0.1) is 14.2 Å². The Hall–Kier alpha value is -3.55. The zero-order valence-corrected chi connectivity index (χ0v) is 20.3. The van der Waals surface area contributed by atoms with Crippen LogP contribution in [-0.2, 0) is 15.1 Å². The van der Waals surface area contributed by atoms with Crippen molar-refractivity contribution in [2.45, 2.75) is 56.5 Å². The van der Waals surface area contributed by atoms with Gasteiger partial charge in [0, 0.05) is 6.04 Å². The minimum Gasteiger partial charge on any atom is -0.497 e. The lowest BCUT2D eigenvalue weighted by Crippen LogP contribution is -2.47. The highest BCUT2D eigenvalue weighted by Gasteiger charge is 2.54. The molecule has 2 N–H and O–H groups in total. The molecule has 0 bridgehead atoms. The van der Waals surface area contributed by atoms with Crippen molar-refractivity contribution in [3.8, 4) is 11.5 Å². The maximum atomic E-state index is 13.9. The summed E-state index contributed by atoms with van der Waals surface area (Å²) < 4.78 is 10.5. The fourth-order valence-electron chi connectivity index (χ4n) is 4.98. The number of rotatable bonds is 7. The number of amides is 4. The quantitative estimate of drug-likeness (QED) is 0.590. The molecule has 2 fully saturated rings. The topological polar surface area (TPSA) is 97.0 Å². The van der Waals surface area contributed by atoms with Crippen LogP contribution >= 0.6 is 0 Å². The SMILES string of the molecule is COc1ccc(C2(c3ccc(OC)cc3)NC(=O)N(CC(=O)NC3CCCCCCC3)C2=O)cc1. The highest BCUT2D eigenvalue weighted by molar-refractivity contribution is 6.11. The number of nitrogens with one attached hydrogen (secondary N) is 2. The molecular weight excluding hydrogens is 446 g/mol. The number of carbonyl (C=O) groups excluding carboxylic acids is 3. The first-order valence-corrected chi connectivity index (χ1v) is 12.2. The lowest BCUT2D eigenvalue weighted by molar-refractivity contribution is -0.134. The van der Waals surface area contributed by atoms with Crippen LogP contribution in [0.5, 0.6) is 11.5 Å². The summed E-state index contributed by atoms with van der Waals surface area (Å²) in [5.74, 6) is 0.446. The molecular formula is C27H33N3O5. The molecule has 0 atom stereocenters. The first-order valence-electron chi connectivity index (χ1n) is 12.2. The lowest BCUT2D eigenvalue weighted by atomic mass is 9.82. The highest BCUT2D eigenvalue weighted by Crippen LogP contribution is 2.37. The fraction of sp³-hybridized carbons (Fsp3) is 0.444. The second-order valence-electron chi connectivity index (χ2n) is 9.14. The molecule has 0 aromatic heterocycles. The third-order valence-electron chi connectivity index (χ3n) is 6.92. The highest BCUT2D eigenvalue weighted by atomic mass is 16.5. The van der Waals surface area contributed by atoms with Gasteiger partial charge in [0.2, 0.25) is 5.91 Å². The van der Waals surface area contributed by atoms with Gasteiger partial charge >= 0.3 is 6.03 Å². The molecule has 1 aliphatic carbocycles. The Kier molecular flexibility index (Phi) is 7.58. The van der Waals surface area contributed by atoms with Crippen molar-refractivity contribution in [2.75, 3.05) is 20.8 Å². The number of urea groups is 1. The predicted octanol–water partition coefficient (Wildman–Crippen LogP) is 3.73. The molecule has 1 saturated carbocycles. The van der Waals surface area contributed by atoms with E-state index in [1.165, 1.54) is 19.3 Å². The largest absolute Gasteiger partial charge is 0.497 e. The lowest BCUT2D eigenvalue weighted by Gasteiger charge is -2.28. The van der Waals surface area contributed by atoms with E-state index in [0.717, 1.165) is 30.6 Å². The van der Waals surface area contributed by atoms with Gasteiger partial charge in [-0.25, -0.2) is 4.79 Å². The van der Waals surface area contributed by atoms with Crippen LogP contribution in [0, 0.1) is 0 Å². The van der Waals surface area contributed by atoms with Crippen LogP contribution in [0.3, 0.4) is 0 Å².